The van der Waals surface area contributed by atoms with E-state index in [1.807, 2.05) is 16.8 Å². The van der Waals surface area contributed by atoms with Crippen molar-refractivity contribution in [1.29, 1.82) is 0 Å². The summed E-state index contributed by atoms with van der Waals surface area (Å²) in [6, 6.07) is 4.23. The molecule has 0 saturated heterocycles. The predicted octanol–water partition coefficient (Wildman–Crippen LogP) is 1.73. The van der Waals surface area contributed by atoms with Crippen LogP contribution in [0.4, 0.5) is 0 Å². The zero-order valence-electron chi connectivity index (χ0n) is 12.9. The van der Waals surface area contributed by atoms with Gasteiger partial charge in [-0.2, -0.15) is 0 Å². The van der Waals surface area contributed by atoms with Crippen LogP contribution in [0.2, 0.25) is 0 Å². The molecule has 23 heavy (non-hydrogen) atoms. The molecule has 0 spiro atoms. The molecule has 1 amide bonds. The van der Waals surface area contributed by atoms with Crippen molar-refractivity contribution < 1.29 is 4.79 Å². The Morgan fingerprint density at radius 3 is 3.04 bits per heavy atom. The van der Waals surface area contributed by atoms with Crippen molar-refractivity contribution in [1.82, 2.24) is 30.5 Å². The van der Waals surface area contributed by atoms with E-state index in [2.05, 4.69) is 25.8 Å². The van der Waals surface area contributed by atoms with Crippen LogP contribution in [-0.2, 0) is 17.1 Å². The molecule has 1 saturated carbocycles. The predicted molar refractivity (Wildman–Crippen MR) is 87.6 cm³/mol. The molecule has 1 aliphatic rings. The van der Waals surface area contributed by atoms with E-state index in [4.69, 9.17) is 0 Å². The smallest absolute Gasteiger partial charge is 0.230 e. The average molecular weight is 332 g/mol. The quantitative estimate of drug-likeness (QED) is 0.831. The highest BCUT2D eigenvalue weighted by Gasteiger charge is 2.21. The Labute approximate surface area is 139 Å². The second kappa shape index (κ2) is 8.05. The van der Waals surface area contributed by atoms with Gasteiger partial charge in [-0.3, -0.25) is 9.78 Å². The number of hydrogen-bond acceptors (Lipinski definition) is 6. The number of amides is 1. The van der Waals surface area contributed by atoms with Crippen molar-refractivity contribution in [2.45, 2.75) is 44.0 Å². The number of tetrazole rings is 1. The third-order valence-electron chi connectivity index (χ3n) is 3.91. The Morgan fingerprint density at radius 1 is 1.39 bits per heavy atom. The highest BCUT2D eigenvalue weighted by molar-refractivity contribution is 7.99. The van der Waals surface area contributed by atoms with Crippen molar-refractivity contribution >= 4 is 17.7 Å². The highest BCUT2D eigenvalue weighted by atomic mass is 32.2. The van der Waals surface area contributed by atoms with E-state index in [0.717, 1.165) is 24.2 Å². The summed E-state index contributed by atoms with van der Waals surface area (Å²) in [5, 5.41) is 14.9. The van der Waals surface area contributed by atoms with Crippen LogP contribution in [0.1, 0.15) is 43.1 Å². The molecule has 7 nitrogen and oxygen atoms in total. The summed E-state index contributed by atoms with van der Waals surface area (Å²) < 4.78 is 1.94. The van der Waals surface area contributed by atoms with Crippen LogP contribution in [0.3, 0.4) is 0 Å². The lowest BCUT2D eigenvalue weighted by molar-refractivity contribution is -0.118. The number of thioether (sulfide) groups is 1. The maximum Gasteiger partial charge on any atom is 0.230 e. The van der Waals surface area contributed by atoms with Crippen LogP contribution < -0.4 is 5.32 Å². The number of nitrogens with zero attached hydrogens (tertiary/aromatic N) is 5. The molecule has 2 aromatic heterocycles. The Balaban J connectivity index is 1.41. The van der Waals surface area contributed by atoms with Gasteiger partial charge in [0.05, 0.1) is 17.5 Å². The summed E-state index contributed by atoms with van der Waals surface area (Å²) in [6.07, 6.45) is 8.25. The van der Waals surface area contributed by atoms with Gasteiger partial charge in [-0.25, -0.2) is 4.68 Å². The molecular weight excluding hydrogens is 312 g/mol. The minimum atomic E-state index is 0.0127. The first-order valence-corrected chi connectivity index (χ1v) is 8.98. The number of carbonyl (C=O) groups excluding carboxylic acids is 1. The lowest BCUT2D eigenvalue weighted by Gasteiger charge is -2.11. The van der Waals surface area contributed by atoms with Crippen molar-refractivity contribution in [2.75, 3.05) is 5.75 Å². The van der Waals surface area contributed by atoms with Crippen LogP contribution in [-0.4, -0.2) is 36.9 Å². The molecule has 1 aliphatic carbocycles. The molecule has 2 heterocycles. The zero-order valence-corrected chi connectivity index (χ0v) is 13.7. The van der Waals surface area contributed by atoms with Gasteiger partial charge >= 0.3 is 0 Å². The summed E-state index contributed by atoms with van der Waals surface area (Å²) in [6.45, 7) is 0.507. The third kappa shape index (κ3) is 4.51. The minimum absolute atomic E-state index is 0.0127. The van der Waals surface area contributed by atoms with E-state index < -0.39 is 0 Å². The Morgan fingerprint density at radius 2 is 2.26 bits per heavy atom. The molecule has 2 aromatic rings. The van der Waals surface area contributed by atoms with Gasteiger partial charge in [0, 0.05) is 18.9 Å². The molecule has 0 bridgehead atoms. The number of hydrogen-bond donors (Lipinski definition) is 1. The van der Waals surface area contributed by atoms with Gasteiger partial charge in [-0.15, -0.1) is 16.9 Å². The number of aromatic nitrogens is 5. The first-order chi connectivity index (χ1) is 11.3. The summed E-state index contributed by atoms with van der Waals surface area (Å²) in [7, 11) is 0. The largest absolute Gasteiger partial charge is 0.351 e. The first-order valence-electron chi connectivity index (χ1n) is 7.83. The summed E-state index contributed by atoms with van der Waals surface area (Å²) in [4.78, 5) is 15.9. The Kier molecular flexibility index (Phi) is 5.57. The monoisotopic (exact) mass is 332 g/mol. The summed E-state index contributed by atoms with van der Waals surface area (Å²) in [5.74, 6) is 1.93. The Hall–Kier alpha value is -1.96. The highest BCUT2D eigenvalue weighted by Crippen LogP contribution is 2.29. The topological polar surface area (TPSA) is 85.6 Å². The van der Waals surface area contributed by atoms with Crippen LogP contribution in [0.25, 0.3) is 0 Å². The number of carbonyl (C=O) groups is 1. The molecular formula is C15H20N6OS. The summed E-state index contributed by atoms with van der Waals surface area (Å²) in [5.41, 5.74) is 0.996. The van der Waals surface area contributed by atoms with Crippen molar-refractivity contribution in [3.8, 4) is 0 Å². The fourth-order valence-electron chi connectivity index (χ4n) is 2.73. The molecule has 0 atom stereocenters. The van der Waals surface area contributed by atoms with E-state index >= 15 is 0 Å². The lowest BCUT2D eigenvalue weighted by atomic mass is 10.2. The van der Waals surface area contributed by atoms with E-state index in [9.17, 15) is 4.79 Å². The fraction of sp³-hybridized carbons (Fsp3) is 0.533. The molecule has 3 rings (SSSR count). The minimum Gasteiger partial charge on any atom is -0.351 e. The van der Waals surface area contributed by atoms with Gasteiger partial charge in [0.15, 0.2) is 5.82 Å². The molecule has 1 fully saturated rings. The number of pyridine rings is 1. The van der Waals surface area contributed by atoms with E-state index in [1.54, 1.807) is 12.4 Å². The van der Waals surface area contributed by atoms with Crippen LogP contribution >= 0.6 is 11.8 Å². The molecule has 0 aromatic carbocycles. The number of nitrogens with one attached hydrogen (secondary N) is 1. The van der Waals surface area contributed by atoms with Gasteiger partial charge in [0.2, 0.25) is 5.91 Å². The molecule has 8 heteroatoms. The van der Waals surface area contributed by atoms with Gasteiger partial charge in [0.25, 0.3) is 0 Å². The van der Waals surface area contributed by atoms with Crippen molar-refractivity contribution in [3.05, 3.63) is 35.9 Å². The lowest BCUT2D eigenvalue weighted by Crippen LogP contribution is -2.24. The molecule has 122 valence electrons. The maximum absolute atomic E-state index is 11.9. The van der Waals surface area contributed by atoms with Crippen LogP contribution in [0.5, 0.6) is 0 Å². The second-order valence-corrected chi connectivity index (χ2v) is 6.59. The average Bonchev–Trinajstić information content (AvgIpc) is 3.25. The van der Waals surface area contributed by atoms with Crippen molar-refractivity contribution in [3.63, 3.8) is 0 Å². The first kappa shape index (κ1) is 15.9. The van der Waals surface area contributed by atoms with Crippen LogP contribution in [0, 0.1) is 0 Å². The maximum atomic E-state index is 11.9. The SMILES string of the molecule is O=C(CSCc1nnnn1C1CCCC1)NCc1cccnc1. The van der Waals surface area contributed by atoms with Gasteiger partial charge in [0.1, 0.15) is 0 Å². The van der Waals surface area contributed by atoms with Gasteiger partial charge in [-0.1, -0.05) is 18.9 Å². The van der Waals surface area contributed by atoms with E-state index in [-0.39, 0.29) is 5.91 Å². The molecule has 0 radical (unpaired) electrons. The normalized spacial score (nSPS) is 15.0. The van der Waals surface area contributed by atoms with Crippen molar-refractivity contribution in [2.24, 2.45) is 0 Å². The van der Waals surface area contributed by atoms with Gasteiger partial charge in [-0.05, 0) is 34.9 Å². The van der Waals surface area contributed by atoms with Crippen LogP contribution in [0.15, 0.2) is 24.5 Å². The standard InChI is InChI=1S/C15H20N6OS/c22-15(17-9-12-4-3-7-16-8-12)11-23-10-14-18-19-20-21(14)13-5-1-2-6-13/h3-4,7-8,13H,1-2,5-6,9-11H2,(H,17,22). The second-order valence-electron chi connectivity index (χ2n) is 5.61. The Bertz CT molecular complexity index is 626. The zero-order chi connectivity index (χ0) is 15.9. The summed E-state index contributed by atoms with van der Waals surface area (Å²) >= 11 is 1.54. The fourth-order valence-corrected chi connectivity index (χ4v) is 3.49. The van der Waals surface area contributed by atoms with E-state index in [0.29, 0.717) is 24.1 Å². The molecule has 1 N–H and O–H groups in total. The van der Waals surface area contributed by atoms with Gasteiger partial charge < -0.3 is 5.32 Å². The third-order valence-corrected chi connectivity index (χ3v) is 4.84. The number of rotatable bonds is 7. The van der Waals surface area contributed by atoms with E-state index in [1.165, 1.54) is 24.6 Å². The molecule has 0 unspecified atom stereocenters. The molecule has 0 aliphatic heterocycles.